The lowest BCUT2D eigenvalue weighted by Gasteiger charge is -2.14. The molecule has 0 radical (unpaired) electrons. The summed E-state index contributed by atoms with van der Waals surface area (Å²) in [6, 6.07) is 8.42. The van der Waals surface area contributed by atoms with E-state index in [1.54, 1.807) is 0 Å². The van der Waals surface area contributed by atoms with Crippen LogP contribution in [0.4, 0.5) is 14.5 Å². The quantitative estimate of drug-likeness (QED) is 0.634. The van der Waals surface area contributed by atoms with Gasteiger partial charge in [0.2, 0.25) is 0 Å². The summed E-state index contributed by atoms with van der Waals surface area (Å²) in [7, 11) is 4.17. The van der Waals surface area contributed by atoms with E-state index in [0.29, 0.717) is 5.75 Å². The van der Waals surface area contributed by atoms with Gasteiger partial charge in [0.25, 0.3) is 5.91 Å². The Labute approximate surface area is 165 Å². The standard InChI is InChI=1S/C19H19F2NO7/c1-25-14-9-16(27-3)15(26-2)8-11(14)18(24)28-10-17(23)22-12-6-4-5-7-13(12)29-19(20)21/h4-9,19H,10H2,1-3H3,(H,22,23). The first-order valence-electron chi connectivity index (χ1n) is 8.20. The zero-order chi connectivity index (χ0) is 21.4. The lowest BCUT2D eigenvalue weighted by Crippen LogP contribution is -2.21. The zero-order valence-electron chi connectivity index (χ0n) is 15.9. The SMILES string of the molecule is COc1cc(OC)c(C(=O)OCC(=O)Nc2ccccc2OC(F)F)cc1OC. The minimum Gasteiger partial charge on any atom is -0.496 e. The van der Waals surface area contributed by atoms with Crippen molar-refractivity contribution in [2.24, 2.45) is 0 Å². The van der Waals surface area contributed by atoms with Crippen molar-refractivity contribution in [2.75, 3.05) is 33.3 Å². The summed E-state index contributed by atoms with van der Waals surface area (Å²) in [6.45, 7) is -3.72. The molecule has 0 heterocycles. The van der Waals surface area contributed by atoms with Gasteiger partial charge in [-0.1, -0.05) is 12.1 Å². The Kier molecular flexibility index (Phi) is 7.58. The number of amides is 1. The fourth-order valence-corrected chi connectivity index (χ4v) is 2.35. The zero-order valence-corrected chi connectivity index (χ0v) is 15.9. The number of para-hydroxylation sites is 2. The molecule has 2 aromatic carbocycles. The topological polar surface area (TPSA) is 92.3 Å². The van der Waals surface area contributed by atoms with E-state index in [-0.39, 0.29) is 28.5 Å². The predicted molar refractivity (Wildman–Crippen MR) is 98.1 cm³/mol. The number of ether oxygens (including phenoxy) is 5. The van der Waals surface area contributed by atoms with Crippen LogP contribution in [0, 0.1) is 0 Å². The molecule has 0 saturated heterocycles. The highest BCUT2D eigenvalue weighted by Crippen LogP contribution is 2.35. The summed E-state index contributed by atoms with van der Waals surface area (Å²) in [4.78, 5) is 24.4. The van der Waals surface area contributed by atoms with Crippen molar-refractivity contribution in [3.05, 3.63) is 42.0 Å². The Morgan fingerprint density at radius 3 is 2.17 bits per heavy atom. The molecule has 0 atom stereocenters. The van der Waals surface area contributed by atoms with E-state index < -0.39 is 25.1 Å². The van der Waals surface area contributed by atoms with Crippen LogP contribution in [0.5, 0.6) is 23.0 Å². The molecule has 0 bridgehead atoms. The van der Waals surface area contributed by atoms with E-state index >= 15 is 0 Å². The number of hydrogen-bond donors (Lipinski definition) is 1. The lowest BCUT2D eigenvalue weighted by molar-refractivity contribution is -0.119. The maximum atomic E-state index is 12.4. The third kappa shape index (κ3) is 5.71. The van der Waals surface area contributed by atoms with Gasteiger partial charge in [0, 0.05) is 12.1 Å². The molecule has 2 rings (SSSR count). The second-order valence-corrected chi connectivity index (χ2v) is 5.41. The Bertz CT molecular complexity index is 874. The first-order chi connectivity index (χ1) is 13.9. The lowest BCUT2D eigenvalue weighted by atomic mass is 10.1. The van der Waals surface area contributed by atoms with Crippen molar-refractivity contribution < 1.29 is 42.1 Å². The van der Waals surface area contributed by atoms with Crippen LogP contribution in [0.15, 0.2) is 36.4 Å². The van der Waals surface area contributed by atoms with Crippen LogP contribution < -0.4 is 24.3 Å². The molecule has 2 aromatic rings. The molecule has 1 N–H and O–H groups in total. The number of alkyl halides is 2. The molecule has 8 nitrogen and oxygen atoms in total. The first-order valence-corrected chi connectivity index (χ1v) is 8.20. The molecule has 1 amide bonds. The molecule has 0 aromatic heterocycles. The third-order valence-electron chi connectivity index (χ3n) is 3.64. The number of esters is 1. The van der Waals surface area contributed by atoms with Gasteiger partial charge in [0.1, 0.15) is 17.1 Å². The van der Waals surface area contributed by atoms with Gasteiger partial charge < -0.3 is 29.0 Å². The average molecular weight is 411 g/mol. The normalized spacial score (nSPS) is 10.3. The molecule has 10 heteroatoms. The molecule has 0 aliphatic heterocycles. The fraction of sp³-hybridized carbons (Fsp3) is 0.263. The van der Waals surface area contributed by atoms with Gasteiger partial charge in [0.05, 0.1) is 27.0 Å². The Hall–Kier alpha value is -3.56. The summed E-state index contributed by atoms with van der Waals surface area (Å²) >= 11 is 0. The van der Waals surface area contributed by atoms with Gasteiger partial charge in [-0.05, 0) is 12.1 Å². The summed E-state index contributed by atoms with van der Waals surface area (Å²) in [5.41, 5.74) is 0.0249. The summed E-state index contributed by atoms with van der Waals surface area (Å²) in [5.74, 6) is -1.05. The summed E-state index contributed by atoms with van der Waals surface area (Å²) in [6.07, 6.45) is 0. The Balaban J connectivity index is 2.07. The van der Waals surface area contributed by atoms with Crippen molar-refractivity contribution in [3.63, 3.8) is 0 Å². The molecular formula is C19H19F2NO7. The second-order valence-electron chi connectivity index (χ2n) is 5.41. The molecule has 0 unspecified atom stereocenters. The molecule has 156 valence electrons. The highest BCUT2D eigenvalue weighted by atomic mass is 19.3. The van der Waals surface area contributed by atoms with Crippen LogP contribution in [0.1, 0.15) is 10.4 Å². The fourth-order valence-electron chi connectivity index (χ4n) is 2.35. The number of carbonyl (C=O) groups is 2. The maximum Gasteiger partial charge on any atom is 0.387 e. The van der Waals surface area contributed by atoms with Gasteiger partial charge in [-0.2, -0.15) is 8.78 Å². The van der Waals surface area contributed by atoms with E-state index in [1.165, 1.54) is 57.7 Å². The van der Waals surface area contributed by atoms with Gasteiger partial charge >= 0.3 is 12.6 Å². The van der Waals surface area contributed by atoms with E-state index in [2.05, 4.69) is 10.1 Å². The molecule has 0 aliphatic rings. The summed E-state index contributed by atoms with van der Waals surface area (Å²) in [5, 5.41) is 2.34. The smallest absolute Gasteiger partial charge is 0.387 e. The van der Waals surface area contributed by atoms with E-state index in [0.717, 1.165) is 0 Å². The number of methoxy groups -OCH3 is 3. The van der Waals surface area contributed by atoms with Gasteiger partial charge in [0.15, 0.2) is 18.1 Å². The molecule has 0 aliphatic carbocycles. The van der Waals surface area contributed by atoms with Crippen molar-refractivity contribution in [1.29, 1.82) is 0 Å². The molecule has 0 fully saturated rings. The number of rotatable bonds is 9. The minimum atomic E-state index is -3.05. The number of anilines is 1. The van der Waals surface area contributed by atoms with Crippen molar-refractivity contribution >= 4 is 17.6 Å². The van der Waals surface area contributed by atoms with E-state index in [1.807, 2.05) is 0 Å². The second kappa shape index (κ2) is 10.1. The number of carbonyl (C=O) groups excluding carboxylic acids is 2. The molecular weight excluding hydrogens is 392 g/mol. The molecule has 29 heavy (non-hydrogen) atoms. The van der Waals surface area contributed by atoms with E-state index in [4.69, 9.17) is 18.9 Å². The van der Waals surface area contributed by atoms with Crippen LogP contribution in [0.25, 0.3) is 0 Å². The van der Waals surface area contributed by atoms with Crippen molar-refractivity contribution in [2.45, 2.75) is 6.61 Å². The van der Waals surface area contributed by atoms with Gasteiger partial charge in [-0.3, -0.25) is 4.79 Å². The minimum absolute atomic E-state index is 0.0116. The van der Waals surface area contributed by atoms with Gasteiger partial charge in [-0.25, -0.2) is 4.79 Å². The van der Waals surface area contributed by atoms with Crippen LogP contribution in [-0.2, 0) is 9.53 Å². The van der Waals surface area contributed by atoms with Crippen LogP contribution in [-0.4, -0.2) is 46.4 Å². The van der Waals surface area contributed by atoms with Crippen LogP contribution >= 0.6 is 0 Å². The van der Waals surface area contributed by atoms with Crippen molar-refractivity contribution in [3.8, 4) is 23.0 Å². The number of benzene rings is 2. The van der Waals surface area contributed by atoms with Crippen LogP contribution in [0.2, 0.25) is 0 Å². The monoisotopic (exact) mass is 411 g/mol. The Morgan fingerprint density at radius 2 is 1.55 bits per heavy atom. The number of halogens is 2. The highest BCUT2D eigenvalue weighted by Gasteiger charge is 2.20. The highest BCUT2D eigenvalue weighted by molar-refractivity contribution is 5.97. The van der Waals surface area contributed by atoms with Crippen molar-refractivity contribution in [1.82, 2.24) is 0 Å². The molecule has 0 saturated carbocycles. The van der Waals surface area contributed by atoms with Gasteiger partial charge in [-0.15, -0.1) is 0 Å². The largest absolute Gasteiger partial charge is 0.496 e. The van der Waals surface area contributed by atoms with E-state index in [9.17, 15) is 18.4 Å². The molecule has 0 spiro atoms. The average Bonchev–Trinajstić information content (AvgIpc) is 2.71. The third-order valence-corrected chi connectivity index (χ3v) is 3.64. The number of hydrogen-bond acceptors (Lipinski definition) is 7. The maximum absolute atomic E-state index is 12.4. The predicted octanol–water partition coefficient (Wildman–Crippen LogP) is 3.11. The Morgan fingerprint density at radius 1 is 0.931 bits per heavy atom. The first kappa shape index (κ1) is 21.7. The summed E-state index contributed by atoms with van der Waals surface area (Å²) < 4.78 is 49.6. The number of nitrogens with one attached hydrogen (secondary N) is 1. The van der Waals surface area contributed by atoms with Crippen LogP contribution in [0.3, 0.4) is 0 Å².